The fourth-order valence-corrected chi connectivity index (χ4v) is 2.87. The van der Waals surface area contributed by atoms with Gasteiger partial charge in [0.2, 0.25) is 0 Å². The van der Waals surface area contributed by atoms with Crippen molar-refractivity contribution in [3.8, 4) is 0 Å². The van der Waals surface area contributed by atoms with E-state index in [2.05, 4.69) is 4.98 Å². The minimum Gasteiger partial charge on any atom is -0.384 e. The highest BCUT2D eigenvalue weighted by atomic mass is 32.2. The van der Waals surface area contributed by atoms with Gasteiger partial charge in [0.05, 0.1) is 4.92 Å². The number of aliphatic hydroxyl groups is 1. The molecule has 126 valence electrons. The molecule has 0 bridgehead atoms. The SMILES string of the molecule is CSCC[C@@](C)(O)c1cc2cc([N+](=O)[O-])c(C(F)(F)F)cc2[nH]1. The van der Waals surface area contributed by atoms with Crippen LogP contribution in [-0.4, -0.2) is 27.0 Å². The van der Waals surface area contributed by atoms with Crippen LogP contribution in [0.4, 0.5) is 18.9 Å². The Balaban J connectivity index is 2.58. The average Bonchev–Trinajstić information content (AvgIpc) is 2.86. The van der Waals surface area contributed by atoms with Crippen molar-refractivity contribution >= 4 is 28.4 Å². The quantitative estimate of drug-likeness (QED) is 0.631. The summed E-state index contributed by atoms with van der Waals surface area (Å²) in [5, 5.41) is 21.6. The lowest BCUT2D eigenvalue weighted by molar-refractivity contribution is -0.387. The first-order valence-electron chi connectivity index (χ1n) is 6.66. The second kappa shape index (κ2) is 6.04. The molecule has 9 heteroatoms. The smallest absolute Gasteiger partial charge is 0.384 e. The molecular formula is C14H15F3N2O3S. The molecule has 0 radical (unpaired) electrons. The van der Waals surface area contributed by atoms with Crippen LogP contribution < -0.4 is 0 Å². The Labute approximate surface area is 134 Å². The molecule has 2 aromatic rings. The summed E-state index contributed by atoms with van der Waals surface area (Å²) in [4.78, 5) is 12.6. The van der Waals surface area contributed by atoms with Crippen LogP contribution in [0.5, 0.6) is 0 Å². The highest BCUT2D eigenvalue weighted by Gasteiger charge is 2.39. The van der Waals surface area contributed by atoms with Crippen molar-refractivity contribution in [1.82, 2.24) is 4.98 Å². The van der Waals surface area contributed by atoms with E-state index in [0.29, 0.717) is 23.9 Å². The number of nitrogens with zero attached hydrogens (tertiary/aromatic N) is 1. The van der Waals surface area contributed by atoms with Crippen molar-refractivity contribution in [2.75, 3.05) is 12.0 Å². The third-order valence-corrected chi connectivity index (χ3v) is 4.22. The number of hydrogen-bond donors (Lipinski definition) is 2. The van der Waals surface area contributed by atoms with Crippen molar-refractivity contribution in [3.05, 3.63) is 39.6 Å². The van der Waals surface area contributed by atoms with Crippen LogP contribution in [0.25, 0.3) is 10.9 Å². The number of nitro groups is 1. The Morgan fingerprint density at radius 1 is 1.35 bits per heavy atom. The normalized spacial score (nSPS) is 14.9. The Kier molecular flexibility index (Phi) is 4.63. The maximum atomic E-state index is 13.0. The highest BCUT2D eigenvalue weighted by Crippen LogP contribution is 2.39. The topological polar surface area (TPSA) is 79.2 Å². The summed E-state index contributed by atoms with van der Waals surface area (Å²) in [6.45, 7) is 1.55. The standard InChI is InChI=1S/C14H15F3N2O3S/c1-13(20,3-4-23-2)12-6-8-5-11(19(21)22)9(14(15,16)17)7-10(8)18-12/h5-7,18,20H,3-4H2,1-2H3/t13-/m1/s1. The monoisotopic (exact) mass is 348 g/mol. The molecular weight excluding hydrogens is 333 g/mol. The van der Waals surface area contributed by atoms with Crippen LogP contribution in [0, 0.1) is 10.1 Å². The molecule has 0 amide bonds. The number of halogens is 3. The molecule has 0 saturated heterocycles. The van der Waals surface area contributed by atoms with Crippen molar-refractivity contribution in [2.24, 2.45) is 0 Å². The third kappa shape index (κ3) is 3.61. The first-order chi connectivity index (χ1) is 10.6. The van der Waals surface area contributed by atoms with E-state index in [0.717, 1.165) is 6.07 Å². The van der Waals surface area contributed by atoms with Gasteiger partial charge in [-0.1, -0.05) is 0 Å². The average molecular weight is 348 g/mol. The Hall–Kier alpha value is -1.74. The Bertz CT molecular complexity index is 741. The lowest BCUT2D eigenvalue weighted by Gasteiger charge is -2.21. The van der Waals surface area contributed by atoms with Gasteiger partial charge >= 0.3 is 6.18 Å². The molecule has 0 saturated carbocycles. The van der Waals surface area contributed by atoms with Gasteiger partial charge < -0.3 is 10.1 Å². The minimum atomic E-state index is -4.83. The molecule has 23 heavy (non-hydrogen) atoms. The number of H-pyrrole nitrogens is 1. The number of fused-ring (bicyclic) bond motifs is 1. The van der Waals surface area contributed by atoms with Gasteiger partial charge in [0.25, 0.3) is 5.69 Å². The van der Waals surface area contributed by atoms with Gasteiger partial charge in [0.1, 0.15) is 11.2 Å². The van der Waals surface area contributed by atoms with E-state index in [1.165, 1.54) is 17.8 Å². The van der Waals surface area contributed by atoms with Crippen LogP contribution >= 0.6 is 11.8 Å². The van der Waals surface area contributed by atoms with Crippen LogP contribution in [0.1, 0.15) is 24.6 Å². The van der Waals surface area contributed by atoms with Crippen molar-refractivity contribution in [3.63, 3.8) is 0 Å². The number of aromatic nitrogens is 1. The van der Waals surface area contributed by atoms with E-state index in [9.17, 15) is 28.4 Å². The second-order valence-electron chi connectivity index (χ2n) is 5.41. The van der Waals surface area contributed by atoms with Gasteiger partial charge in [-0.15, -0.1) is 0 Å². The summed E-state index contributed by atoms with van der Waals surface area (Å²) >= 11 is 1.53. The maximum Gasteiger partial charge on any atom is 0.423 e. The van der Waals surface area contributed by atoms with Crippen LogP contribution in [0.3, 0.4) is 0 Å². The molecule has 5 nitrogen and oxygen atoms in total. The van der Waals surface area contributed by atoms with E-state index >= 15 is 0 Å². The fourth-order valence-electron chi connectivity index (χ4n) is 2.27. The molecule has 0 aliphatic carbocycles. The molecule has 0 spiro atoms. The van der Waals surface area contributed by atoms with Gasteiger partial charge in [-0.3, -0.25) is 10.1 Å². The first-order valence-corrected chi connectivity index (χ1v) is 8.06. The highest BCUT2D eigenvalue weighted by molar-refractivity contribution is 7.98. The number of rotatable bonds is 5. The largest absolute Gasteiger partial charge is 0.423 e. The van der Waals surface area contributed by atoms with Crippen molar-refractivity contribution in [2.45, 2.75) is 25.1 Å². The maximum absolute atomic E-state index is 13.0. The number of hydrogen-bond acceptors (Lipinski definition) is 4. The van der Waals surface area contributed by atoms with E-state index in [4.69, 9.17) is 0 Å². The second-order valence-corrected chi connectivity index (χ2v) is 6.40. The molecule has 0 aliphatic heterocycles. The molecule has 2 rings (SSSR count). The number of nitro benzene ring substituents is 1. The zero-order valence-corrected chi connectivity index (χ0v) is 13.2. The number of thioether (sulfide) groups is 1. The van der Waals surface area contributed by atoms with E-state index in [-0.39, 0.29) is 10.9 Å². The zero-order valence-electron chi connectivity index (χ0n) is 12.4. The van der Waals surface area contributed by atoms with Gasteiger partial charge in [-0.05, 0) is 37.5 Å². The number of nitrogens with one attached hydrogen (secondary N) is 1. The Morgan fingerprint density at radius 3 is 2.52 bits per heavy atom. The lowest BCUT2D eigenvalue weighted by Crippen LogP contribution is -2.22. The minimum absolute atomic E-state index is 0.0994. The number of aromatic amines is 1. The molecule has 1 heterocycles. The summed E-state index contributed by atoms with van der Waals surface area (Å²) in [6, 6.07) is 3.03. The molecule has 2 N–H and O–H groups in total. The van der Waals surface area contributed by atoms with Gasteiger partial charge in [0.15, 0.2) is 0 Å². The fraction of sp³-hybridized carbons (Fsp3) is 0.429. The predicted molar refractivity (Wildman–Crippen MR) is 82.5 cm³/mol. The summed E-state index contributed by atoms with van der Waals surface area (Å²) < 4.78 is 38.9. The molecule has 0 aliphatic rings. The molecule has 1 aromatic carbocycles. The summed E-state index contributed by atoms with van der Waals surface area (Å²) in [6.07, 6.45) is -2.56. The molecule has 0 fully saturated rings. The van der Waals surface area contributed by atoms with E-state index in [1.807, 2.05) is 6.26 Å². The summed E-state index contributed by atoms with van der Waals surface area (Å²) in [7, 11) is 0. The Morgan fingerprint density at radius 2 is 2.00 bits per heavy atom. The van der Waals surface area contributed by atoms with E-state index < -0.39 is 28.0 Å². The van der Waals surface area contributed by atoms with Crippen LogP contribution in [0.2, 0.25) is 0 Å². The first kappa shape index (κ1) is 17.6. The van der Waals surface area contributed by atoms with Crippen LogP contribution in [-0.2, 0) is 11.8 Å². The predicted octanol–water partition coefficient (Wildman–Crippen LogP) is 4.06. The summed E-state index contributed by atoms with van der Waals surface area (Å²) in [5.41, 5.74) is -3.14. The van der Waals surface area contributed by atoms with Gasteiger partial charge in [0, 0.05) is 22.7 Å². The van der Waals surface area contributed by atoms with Gasteiger partial charge in [-0.2, -0.15) is 24.9 Å². The summed E-state index contributed by atoms with van der Waals surface area (Å²) in [5.74, 6) is 0.663. The number of alkyl halides is 3. The molecule has 0 unspecified atom stereocenters. The lowest BCUT2D eigenvalue weighted by atomic mass is 9.99. The molecule has 1 atom stereocenters. The third-order valence-electron chi connectivity index (χ3n) is 3.61. The molecule has 1 aromatic heterocycles. The van der Waals surface area contributed by atoms with Crippen LogP contribution in [0.15, 0.2) is 18.2 Å². The van der Waals surface area contributed by atoms with Gasteiger partial charge in [-0.25, -0.2) is 0 Å². The van der Waals surface area contributed by atoms with E-state index in [1.54, 1.807) is 6.92 Å². The van der Waals surface area contributed by atoms with Crippen molar-refractivity contribution in [1.29, 1.82) is 0 Å². The number of benzene rings is 1. The zero-order chi connectivity index (χ0) is 17.4. The van der Waals surface area contributed by atoms with Crippen molar-refractivity contribution < 1.29 is 23.2 Å².